The number of aromatic amines is 1. The van der Waals surface area contributed by atoms with E-state index in [-0.39, 0.29) is 30.7 Å². The summed E-state index contributed by atoms with van der Waals surface area (Å²) in [4.78, 5) is 27.2. The molecule has 172 valence electrons. The molecule has 0 aliphatic carbocycles. The number of aliphatic hydroxyl groups is 2. The van der Waals surface area contributed by atoms with Gasteiger partial charge in [0.1, 0.15) is 30.2 Å². The van der Waals surface area contributed by atoms with Crippen molar-refractivity contribution in [3.63, 3.8) is 0 Å². The molecule has 1 aromatic carbocycles. The van der Waals surface area contributed by atoms with Crippen molar-refractivity contribution in [2.24, 2.45) is 0 Å². The van der Waals surface area contributed by atoms with E-state index in [0.29, 0.717) is 27.6 Å². The van der Waals surface area contributed by atoms with Crippen molar-refractivity contribution in [3.05, 3.63) is 37.1 Å². The van der Waals surface area contributed by atoms with Gasteiger partial charge in [0, 0.05) is 23.5 Å². The van der Waals surface area contributed by atoms with Crippen LogP contribution < -0.4 is 16.4 Å². The summed E-state index contributed by atoms with van der Waals surface area (Å²) in [6.45, 7) is 0.0545. The number of fused-ring (bicyclic) bond motifs is 2. The maximum atomic E-state index is 12.4. The summed E-state index contributed by atoms with van der Waals surface area (Å²) >= 11 is 0. The molecule has 4 unspecified atom stereocenters. The van der Waals surface area contributed by atoms with Crippen molar-refractivity contribution >= 4 is 39.3 Å². The minimum atomic E-state index is -1.24. The Labute approximate surface area is 186 Å². The van der Waals surface area contributed by atoms with Crippen LogP contribution in [0.15, 0.2) is 37.1 Å². The fraction of sp³-hybridized carbons (Fsp3) is 0.300. The number of benzene rings is 1. The number of nitrogen functional groups attached to an aromatic ring is 1. The predicted molar refractivity (Wildman–Crippen MR) is 117 cm³/mol. The molecule has 13 nitrogen and oxygen atoms in total. The number of nitrogens with two attached hydrogens (primary N) is 1. The average Bonchev–Trinajstić information content (AvgIpc) is 3.47. The van der Waals surface area contributed by atoms with Gasteiger partial charge < -0.3 is 41.4 Å². The first-order chi connectivity index (χ1) is 15.9. The zero-order valence-electron chi connectivity index (χ0n) is 17.2. The number of H-pyrrole nitrogens is 1. The number of ether oxygens (including phenoxy) is 1. The lowest BCUT2D eigenvalue weighted by Gasteiger charge is -2.16. The van der Waals surface area contributed by atoms with Gasteiger partial charge in [0.25, 0.3) is 0 Å². The third-order valence-corrected chi connectivity index (χ3v) is 5.62. The number of carbonyl (C=O) groups is 1. The summed E-state index contributed by atoms with van der Waals surface area (Å²) in [6, 6.07) is 5.19. The second-order valence-electron chi connectivity index (χ2n) is 7.71. The topological polar surface area (TPSA) is 196 Å². The average molecular weight is 454 g/mol. The minimum absolute atomic E-state index is 0.0273. The van der Waals surface area contributed by atoms with E-state index in [2.05, 4.69) is 30.6 Å². The van der Waals surface area contributed by atoms with Gasteiger partial charge in [0.15, 0.2) is 23.6 Å². The lowest BCUT2D eigenvalue weighted by atomic mass is 10.1. The Morgan fingerprint density at radius 3 is 2.91 bits per heavy atom. The number of aromatic nitrogens is 5. The van der Waals surface area contributed by atoms with E-state index in [1.54, 1.807) is 24.4 Å². The van der Waals surface area contributed by atoms with E-state index in [1.165, 1.54) is 17.2 Å². The van der Waals surface area contributed by atoms with Gasteiger partial charge in [-0.2, -0.15) is 0 Å². The molecule has 5 rings (SSSR count). The normalized spacial score (nSPS) is 22.8. The number of nitrogens with zero attached hydrogens (tertiary/aromatic N) is 4. The van der Waals surface area contributed by atoms with E-state index in [9.17, 15) is 20.1 Å². The molecule has 4 aromatic rings. The van der Waals surface area contributed by atoms with Crippen LogP contribution >= 0.6 is 0 Å². The second kappa shape index (κ2) is 8.29. The van der Waals surface area contributed by atoms with Crippen LogP contribution in [-0.2, 0) is 9.53 Å². The van der Waals surface area contributed by atoms with E-state index < -0.39 is 24.5 Å². The molecule has 1 aliphatic rings. The highest BCUT2D eigenvalue weighted by atomic mass is 16.6. The van der Waals surface area contributed by atoms with Crippen LogP contribution in [0, 0.1) is 0 Å². The van der Waals surface area contributed by atoms with Crippen LogP contribution in [0.3, 0.4) is 0 Å². The maximum Gasteiger partial charge on any atom is 0.238 e. The summed E-state index contributed by atoms with van der Waals surface area (Å²) in [5.41, 5.74) is 7.09. The molecule has 1 saturated heterocycles. The Hall–Kier alpha value is -3.78. The molecule has 1 amide bonds. The Morgan fingerprint density at radius 2 is 2.06 bits per heavy atom. The zero-order valence-corrected chi connectivity index (χ0v) is 17.2. The molecule has 4 atom stereocenters. The Kier molecular flexibility index (Phi) is 5.30. The van der Waals surface area contributed by atoms with Crippen molar-refractivity contribution in [3.8, 4) is 5.88 Å². The van der Waals surface area contributed by atoms with Crippen LogP contribution in [0.1, 0.15) is 6.23 Å². The number of hydrogen-bond acceptors (Lipinski definition) is 10. The standard InChI is InChI=1S/C20H22N8O5/c21-17-14-18(25-7-24-17)28(8-26-14)20-16(31)15(30)12(33-20)5-22-6-13(29)27-11-3-1-2-9-10(11)4-23-19(9)32/h1-4,7-8,12,15-16,20,22-23,30-32H,5-6H2,(H,27,29)(H2,21,24,25). The number of nitrogens with one attached hydrogen (secondary N) is 3. The lowest BCUT2D eigenvalue weighted by molar-refractivity contribution is -0.115. The van der Waals surface area contributed by atoms with Crippen molar-refractivity contribution < 1.29 is 24.9 Å². The van der Waals surface area contributed by atoms with Crippen LogP contribution in [0.25, 0.3) is 21.9 Å². The van der Waals surface area contributed by atoms with Gasteiger partial charge in [0.05, 0.1) is 18.6 Å². The number of anilines is 2. The second-order valence-corrected chi connectivity index (χ2v) is 7.71. The van der Waals surface area contributed by atoms with Gasteiger partial charge in [-0.3, -0.25) is 9.36 Å². The number of imidazole rings is 1. The molecule has 3 aromatic heterocycles. The zero-order chi connectivity index (χ0) is 23.1. The maximum absolute atomic E-state index is 12.4. The molecule has 4 heterocycles. The summed E-state index contributed by atoms with van der Waals surface area (Å²) < 4.78 is 7.32. The molecule has 0 saturated carbocycles. The number of carbonyl (C=O) groups excluding carboxylic acids is 1. The lowest BCUT2D eigenvalue weighted by Crippen LogP contribution is -2.40. The molecule has 1 fully saturated rings. The van der Waals surface area contributed by atoms with Crippen LogP contribution in [0.5, 0.6) is 5.88 Å². The summed E-state index contributed by atoms with van der Waals surface area (Å²) in [7, 11) is 0. The van der Waals surface area contributed by atoms with Gasteiger partial charge in [-0.15, -0.1) is 0 Å². The first-order valence-corrected chi connectivity index (χ1v) is 10.2. The van der Waals surface area contributed by atoms with E-state index in [1.807, 2.05) is 0 Å². The number of aliphatic hydroxyl groups excluding tert-OH is 2. The third-order valence-electron chi connectivity index (χ3n) is 5.62. The predicted octanol–water partition coefficient (Wildman–Crippen LogP) is -0.557. The van der Waals surface area contributed by atoms with Gasteiger partial charge in [-0.1, -0.05) is 6.07 Å². The summed E-state index contributed by atoms with van der Waals surface area (Å²) in [6.07, 6.45) is 0.158. The fourth-order valence-corrected chi connectivity index (χ4v) is 3.96. The van der Waals surface area contributed by atoms with Crippen molar-refractivity contribution in [2.75, 3.05) is 24.1 Å². The molecular formula is C20H22N8O5. The number of rotatable bonds is 6. The Bertz CT molecular complexity index is 1320. The first-order valence-electron chi connectivity index (χ1n) is 10.2. The van der Waals surface area contributed by atoms with Gasteiger partial charge >= 0.3 is 0 Å². The molecule has 0 radical (unpaired) electrons. The summed E-state index contributed by atoms with van der Waals surface area (Å²) in [5.74, 6) is -0.0957. The Morgan fingerprint density at radius 1 is 1.21 bits per heavy atom. The number of amides is 1. The number of aromatic hydroxyl groups is 1. The van der Waals surface area contributed by atoms with Crippen molar-refractivity contribution in [2.45, 2.75) is 24.5 Å². The van der Waals surface area contributed by atoms with Crippen LogP contribution in [0.4, 0.5) is 11.5 Å². The van der Waals surface area contributed by atoms with E-state index >= 15 is 0 Å². The highest BCUT2D eigenvalue weighted by molar-refractivity contribution is 6.04. The first kappa shape index (κ1) is 21.1. The monoisotopic (exact) mass is 454 g/mol. The molecule has 0 spiro atoms. The highest BCUT2D eigenvalue weighted by Crippen LogP contribution is 2.32. The Balaban J connectivity index is 1.20. The molecule has 0 bridgehead atoms. The summed E-state index contributed by atoms with van der Waals surface area (Å²) in [5, 5.41) is 37.7. The van der Waals surface area contributed by atoms with Gasteiger partial charge in [-0.25, -0.2) is 15.0 Å². The molecule has 33 heavy (non-hydrogen) atoms. The van der Waals surface area contributed by atoms with E-state index in [0.717, 1.165) is 0 Å². The molecule has 1 aliphatic heterocycles. The fourth-order valence-electron chi connectivity index (χ4n) is 3.96. The number of hydrogen-bond donors (Lipinski definition) is 7. The SMILES string of the molecule is Nc1ncnc2c1ncn2C1OC(CNCC(=O)Nc2cccc3c(O)[nH]cc23)C(O)C1O. The van der Waals surface area contributed by atoms with E-state index in [4.69, 9.17) is 10.5 Å². The highest BCUT2D eigenvalue weighted by Gasteiger charge is 2.44. The van der Waals surface area contributed by atoms with Crippen molar-refractivity contribution in [1.82, 2.24) is 29.8 Å². The van der Waals surface area contributed by atoms with Crippen LogP contribution in [0.2, 0.25) is 0 Å². The van der Waals surface area contributed by atoms with Crippen LogP contribution in [-0.4, -0.2) is 77.1 Å². The van der Waals surface area contributed by atoms with Crippen molar-refractivity contribution in [1.29, 1.82) is 0 Å². The molecular weight excluding hydrogens is 432 g/mol. The molecule has 8 N–H and O–H groups in total. The third kappa shape index (κ3) is 3.72. The molecule has 13 heteroatoms. The smallest absolute Gasteiger partial charge is 0.238 e. The largest absolute Gasteiger partial charge is 0.494 e. The van der Waals surface area contributed by atoms with Gasteiger partial charge in [0.2, 0.25) is 5.91 Å². The van der Waals surface area contributed by atoms with Gasteiger partial charge in [-0.05, 0) is 12.1 Å². The quantitative estimate of drug-likeness (QED) is 0.198. The minimum Gasteiger partial charge on any atom is -0.494 e.